The van der Waals surface area contributed by atoms with E-state index in [0.717, 1.165) is 0 Å². The van der Waals surface area contributed by atoms with Crippen LogP contribution in [0.2, 0.25) is 10.0 Å². The fourth-order valence-corrected chi connectivity index (χ4v) is 2.27. The van der Waals surface area contributed by atoms with E-state index in [9.17, 15) is 4.79 Å². The van der Waals surface area contributed by atoms with E-state index in [1.54, 1.807) is 4.68 Å². The van der Waals surface area contributed by atoms with Crippen molar-refractivity contribution >= 4 is 40.0 Å². The summed E-state index contributed by atoms with van der Waals surface area (Å²) in [7, 11) is 0. The molecule has 0 atom stereocenters. The minimum atomic E-state index is -0.662. The minimum Gasteiger partial charge on any atom is -0.490 e. The average Bonchev–Trinajstić information content (AvgIpc) is 2.90. The number of nitrogens with zero attached hydrogens (tertiary/aromatic N) is 4. The smallest absolute Gasteiger partial charge is 0.254 e. The van der Waals surface area contributed by atoms with Gasteiger partial charge in [0.2, 0.25) is 0 Å². The van der Waals surface area contributed by atoms with E-state index >= 15 is 0 Å². The average molecular weight is 336 g/mol. The van der Waals surface area contributed by atoms with Gasteiger partial charge < -0.3 is 4.74 Å². The molecule has 1 aromatic carbocycles. The zero-order valence-corrected chi connectivity index (χ0v) is 12.4. The third kappa shape index (κ3) is 3.59. The standard InChI is InChI=1S/C11H9Cl3N4O2/c12-8-3-2-7(11(14)19)9(13)10(8)20-5-1-4-18-6-15-16-17-18/h2-3,6H,1,4-5H2. The molecule has 0 spiro atoms. The van der Waals surface area contributed by atoms with Crippen LogP contribution in [0.15, 0.2) is 18.5 Å². The van der Waals surface area contributed by atoms with E-state index in [1.807, 2.05) is 0 Å². The molecule has 0 amide bonds. The molecule has 0 aliphatic carbocycles. The van der Waals surface area contributed by atoms with Gasteiger partial charge in [0.05, 0.1) is 22.2 Å². The van der Waals surface area contributed by atoms with Crippen LogP contribution in [0.4, 0.5) is 0 Å². The van der Waals surface area contributed by atoms with Gasteiger partial charge in [0.15, 0.2) is 5.75 Å². The van der Waals surface area contributed by atoms with E-state index in [-0.39, 0.29) is 16.3 Å². The number of halogens is 3. The van der Waals surface area contributed by atoms with Crippen molar-refractivity contribution in [1.82, 2.24) is 20.2 Å². The van der Waals surface area contributed by atoms with Crippen LogP contribution in [0.3, 0.4) is 0 Å². The summed E-state index contributed by atoms with van der Waals surface area (Å²) in [5, 5.41) is 10.5. The molecule has 1 aromatic heterocycles. The normalized spacial score (nSPS) is 10.6. The monoisotopic (exact) mass is 334 g/mol. The number of carbonyl (C=O) groups excluding carboxylic acids is 1. The van der Waals surface area contributed by atoms with E-state index in [1.165, 1.54) is 18.5 Å². The van der Waals surface area contributed by atoms with Crippen molar-refractivity contribution in [3.63, 3.8) is 0 Å². The first-order chi connectivity index (χ1) is 9.59. The molecule has 0 aliphatic heterocycles. The molecule has 0 aliphatic rings. The van der Waals surface area contributed by atoms with Gasteiger partial charge in [-0.25, -0.2) is 4.68 Å². The number of aryl methyl sites for hydroxylation is 1. The first kappa shape index (κ1) is 15.0. The number of rotatable bonds is 6. The maximum Gasteiger partial charge on any atom is 0.254 e. The number of benzene rings is 1. The quantitative estimate of drug-likeness (QED) is 0.599. The van der Waals surface area contributed by atoms with Crippen molar-refractivity contribution in [2.75, 3.05) is 6.61 Å². The highest BCUT2D eigenvalue weighted by atomic mass is 35.5. The summed E-state index contributed by atoms with van der Waals surface area (Å²) in [6.07, 6.45) is 2.16. The Hall–Kier alpha value is -1.37. The molecular formula is C11H9Cl3N4O2. The second-order valence-corrected chi connectivity index (χ2v) is 4.92. The summed E-state index contributed by atoms with van der Waals surface area (Å²) in [5.41, 5.74) is 0.160. The van der Waals surface area contributed by atoms with Crippen LogP contribution in [0.25, 0.3) is 0 Å². The van der Waals surface area contributed by atoms with Gasteiger partial charge in [-0.3, -0.25) is 4.79 Å². The van der Waals surface area contributed by atoms with E-state index in [2.05, 4.69) is 15.5 Å². The molecule has 0 unspecified atom stereocenters. The Balaban J connectivity index is 1.98. The molecule has 106 valence electrons. The summed E-state index contributed by atoms with van der Waals surface area (Å²) in [6, 6.07) is 2.97. The molecule has 0 saturated carbocycles. The van der Waals surface area contributed by atoms with Crippen molar-refractivity contribution in [1.29, 1.82) is 0 Å². The second kappa shape index (κ2) is 6.88. The van der Waals surface area contributed by atoms with Gasteiger partial charge in [0.25, 0.3) is 5.24 Å². The summed E-state index contributed by atoms with van der Waals surface area (Å²) in [5.74, 6) is 0.247. The van der Waals surface area contributed by atoms with Crippen LogP contribution < -0.4 is 4.74 Å². The Bertz CT molecular complexity index is 604. The zero-order valence-electron chi connectivity index (χ0n) is 10.1. The maximum absolute atomic E-state index is 11.2. The van der Waals surface area contributed by atoms with Gasteiger partial charge in [-0.05, 0) is 34.2 Å². The van der Waals surface area contributed by atoms with Crippen LogP contribution >= 0.6 is 34.8 Å². The summed E-state index contributed by atoms with van der Waals surface area (Å²) >= 11 is 17.4. The Morgan fingerprint density at radius 3 is 2.80 bits per heavy atom. The molecule has 1 heterocycles. The maximum atomic E-state index is 11.2. The Labute approximate surface area is 129 Å². The second-order valence-electron chi connectivity index (χ2n) is 3.79. The number of carbonyl (C=O) groups is 1. The van der Waals surface area contributed by atoms with Gasteiger partial charge in [0, 0.05) is 13.0 Å². The lowest BCUT2D eigenvalue weighted by Crippen LogP contribution is -2.06. The fourth-order valence-electron chi connectivity index (χ4n) is 1.50. The van der Waals surface area contributed by atoms with E-state index in [4.69, 9.17) is 39.5 Å². The summed E-state index contributed by atoms with van der Waals surface area (Å²) < 4.78 is 7.07. The molecular weight excluding hydrogens is 327 g/mol. The Morgan fingerprint density at radius 2 is 2.15 bits per heavy atom. The van der Waals surface area contributed by atoms with Crippen LogP contribution in [0, 0.1) is 0 Å². The van der Waals surface area contributed by atoms with E-state index in [0.29, 0.717) is 24.6 Å². The molecule has 0 N–H and O–H groups in total. The largest absolute Gasteiger partial charge is 0.490 e. The minimum absolute atomic E-state index is 0.111. The Kier molecular flexibility index (Phi) is 5.17. The molecule has 20 heavy (non-hydrogen) atoms. The molecule has 0 bridgehead atoms. The highest BCUT2D eigenvalue weighted by molar-refractivity contribution is 6.69. The molecule has 0 radical (unpaired) electrons. The highest BCUT2D eigenvalue weighted by Crippen LogP contribution is 2.36. The lowest BCUT2D eigenvalue weighted by molar-refractivity contribution is 0.108. The van der Waals surface area contributed by atoms with Crippen molar-refractivity contribution < 1.29 is 9.53 Å². The van der Waals surface area contributed by atoms with Crippen molar-refractivity contribution in [2.45, 2.75) is 13.0 Å². The van der Waals surface area contributed by atoms with Gasteiger partial charge >= 0.3 is 0 Å². The molecule has 2 aromatic rings. The highest BCUT2D eigenvalue weighted by Gasteiger charge is 2.15. The van der Waals surface area contributed by atoms with Gasteiger partial charge in [-0.15, -0.1) is 5.10 Å². The first-order valence-electron chi connectivity index (χ1n) is 5.61. The number of tetrazole rings is 1. The van der Waals surface area contributed by atoms with Crippen LogP contribution in [0.5, 0.6) is 5.75 Å². The van der Waals surface area contributed by atoms with Crippen molar-refractivity contribution in [2.24, 2.45) is 0 Å². The summed E-state index contributed by atoms with van der Waals surface area (Å²) in [6.45, 7) is 0.940. The zero-order chi connectivity index (χ0) is 14.5. The van der Waals surface area contributed by atoms with Crippen LogP contribution in [-0.2, 0) is 6.54 Å². The van der Waals surface area contributed by atoms with Crippen molar-refractivity contribution in [3.05, 3.63) is 34.1 Å². The number of hydrogen-bond acceptors (Lipinski definition) is 5. The molecule has 6 nitrogen and oxygen atoms in total. The number of aromatic nitrogens is 4. The predicted octanol–water partition coefficient (Wildman–Crippen LogP) is 2.83. The molecule has 9 heteroatoms. The predicted molar refractivity (Wildman–Crippen MR) is 74.6 cm³/mol. The van der Waals surface area contributed by atoms with Crippen molar-refractivity contribution in [3.8, 4) is 5.75 Å². The molecule has 0 fully saturated rings. The third-order valence-corrected chi connectivity index (χ3v) is 3.31. The SMILES string of the molecule is O=C(Cl)c1ccc(Cl)c(OCCCn2cnnn2)c1Cl. The fraction of sp³-hybridized carbons (Fsp3) is 0.273. The van der Waals surface area contributed by atoms with Gasteiger partial charge in [0.1, 0.15) is 6.33 Å². The van der Waals surface area contributed by atoms with Gasteiger partial charge in [-0.2, -0.15) is 0 Å². The number of ether oxygens (including phenoxy) is 1. The molecule has 0 saturated heterocycles. The first-order valence-corrected chi connectivity index (χ1v) is 6.74. The Morgan fingerprint density at radius 1 is 1.35 bits per heavy atom. The molecule has 2 rings (SSSR count). The van der Waals surface area contributed by atoms with Crippen LogP contribution in [-0.4, -0.2) is 32.1 Å². The van der Waals surface area contributed by atoms with Crippen LogP contribution in [0.1, 0.15) is 16.8 Å². The third-order valence-electron chi connectivity index (χ3n) is 2.43. The lowest BCUT2D eigenvalue weighted by atomic mass is 10.2. The van der Waals surface area contributed by atoms with E-state index < -0.39 is 5.24 Å². The summed E-state index contributed by atoms with van der Waals surface area (Å²) in [4.78, 5) is 11.2. The number of hydrogen-bond donors (Lipinski definition) is 0. The lowest BCUT2D eigenvalue weighted by Gasteiger charge is -2.11. The van der Waals surface area contributed by atoms with Gasteiger partial charge in [-0.1, -0.05) is 23.2 Å². The topological polar surface area (TPSA) is 69.9 Å².